The number of benzene rings is 1. The highest BCUT2D eigenvalue weighted by atomic mass is 32.2. The van der Waals surface area contributed by atoms with Crippen LogP contribution in [-0.4, -0.2) is 99.2 Å². The van der Waals surface area contributed by atoms with E-state index in [1.165, 1.54) is 58.9 Å². The molecule has 0 radical (unpaired) electrons. The van der Waals surface area contributed by atoms with Gasteiger partial charge in [-0.25, -0.2) is 4.98 Å². The number of aromatic nitrogens is 2. The molecule has 1 aliphatic heterocycles. The zero-order valence-corrected chi connectivity index (χ0v) is 33.6. The molecule has 3 heterocycles. The normalized spacial score (nSPS) is 22.1. The Labute approximate surface area is 328 Å². The van der Waals surface area contributed by atoms with Gasteiger partial charge in [-0.15, -0.1) is 11.3 Å². The molecule has 2 aromatic heterocycles. The van der Waals surface area contributed by atoms with Crippen LogP contribution in [0.25, 0.3) is 0 Å². The van der Waals surface area contributed by atoms with Crippen LogP contribution in [0.3, 0.4) is 0 Å². The number of fused-ring (bicyclic) bond motifs is 2. The van der Waals surface area contributed by atoms with Crippen LogP contribution in [0.2, 0.25) is 0 Å². The smallest absolute Gasteiger partial charge is 0.271 e. The van der Waals surface area contributed by atoms with Crippen molar-refractivity contribution in [3.05, 3.63) is 86.2 Å². The fraction of sp³-hybridized carbons (Fsp3) is 0.474. The molecule has 1 aromatic carbocycles. The first-order chi connectivity index (χ1) is 26.2. The predicted octanol–water partition coefficient (Wildman–Crippen LogP) is 1.79. The average molecular weight is 795 g/mol. The Balaban J connectivity index is 1.79. The van der Waals surface area contributed by atoms with E-state index in [0.717, 1.165) is 16.9 Å². The molecule has 0 fully saturated rings. The molecule has 5 atom stereocenters. The third kappa shape index (κ3) is 12.0. The number of thioether (sulfide) groups is 1. The van der Waals surface area contributed by atoms with Gasteiger partial charge in [0.05, 0.1) is 24.2 Å². The van der Waals surface area contributed by atoms with E-state index in [9.17, 15) is 33.6 Å². The Bertz CT molecular complexity index is 1900. The topological polar surface area (TPSA) is 201 Å². The molecule has 2 bridgehead atoms. The van der Waals surface area contributed by atoms with Crippen molar-refractivity contribution in [2.45, 2.75) is 77.2 Å². The number of nitrogens with one attached hydrogen (secondary N) is 5. The molecule has 17 heteroatoms. The molecule has 0 saturated carbocycles. The van der Waals surface area contributed by atoms with Gasteiger partial charge in [-0.3, -0.25) is 33.6 Å². The standard InChI is InChI=1S/C38H50N8O7S2/c1-7-27-34(50)42-28(15-16-54-6)35(51)40-26(17-24-11-9-8-10-12-24)19-46(38(53)25-13-14-31(48)45(5)18-25)20-30(47)44-32(22(2)3)37-43-29(21-55-37)36(52)39-23(4)33(49)41-27/h8-14,18,21-23,26-28,32H,7,15-17,19-20H2,1-6H3,(H,39,52)(H,40,51)(H,41,49)(H,42,50)(H,44,47)/t23-,26+,27+,28+,32+/m1/s1. The first-order valence-electron chi connectivity index (χ1n) is 18.2. The number of rotatable bonds is 8. The summed E-state index contributed by atoms with van der Waals surface area (Å²) in [5, 5.41) is 16.1. The fourth-order valence-corrected chi connectivity index (χ4v) is 7.45. The SMILES string of the molecule is CC[C@@H]1NC(=O)[C@@H](C)NC(=O)c2csc(n2)[C@H](C(C)C)NC(=O)CN(C(=O)c2ccc(=O)n(C)c2)C[C@H](Cc2ccccc2)NC(=O)[C@H](CCSC)NC1=O. The maximum absolute atomic E-state index is 14.2. The summed E-state index contributed by atoms with van der Waals surface area (Å²) in [6, 6.07) is 7.59. The van der Waals surface area contributed by atoms with Gasteiger partial charge in [0.1, 0.15) is 28.8 Å². The van der Waals surface area contributed by atoms with E-state index in [4.69, 9.17) is 0 Å². The lowest BCUT2D eigenvalue weighted by Crippen LogP contribution is -2.58. The summed E-state index contributed by atoms with van der Waals surface area (Å²) in [6.45, 7) is 6.44. The van der Waals surface area contributed by atoms with Crippen LogP contribution in [0.1, 0.15) is 78.0 Å². The fourth-order valence-electron chi connectivity index (χ4n) is 5.95. The Kier molecular flexibility index (Phi) is 15.6. The number of amides is 6. The molecule has 4 rings (SSSR count). The predicted molar refractivity (Wildman–Crippen MR) is 212 cm³/mol. The molecule has 0 spiro atoms. The molecule has 55 heavy (non-hydrogen) atoms. The number of hydrogen-bond donors (Lipinski definition) is 5. The Morgan fingerprint density at radius 3 is 2.27 bits per heavy atom. The van der Waals surface area contributed by atoms with Gasteiger partial charge >= 0.3 is 0 Å². The minimum Gasteiger partial charge on any atom is -0.349 e. The largest absolute Gasteiger partial charge is 0.349 e. The number of thiazole rings is 1. The van der Waals surface area contributed by atoms with Crippen molar-refractivity contribution in [1.82, 2.24) is 41.0 Å². The zero-order valence-electron chi connectivity index (χ0n) is 31.9. The molecule has 5 N–H and O–H groups in total. The second kappa shape index (κ2) is 20.0. The molecular weight excluding hydrogens is 745 g/mol. The number of aryl methyl sites for hydroxylation is 1. The Morgan fingerprint density at radius 1 is 0.927 bits per heavy atom. The summed E-state index contributed by atoms with van der Waals surface area (Å²) in [4.78, 5) is 100. The van der Waals surface area contributed by atoms with Crippen LogP contribution in [0.15, 0.2) is 58.8 Å². The minimum absolute atomic E-state index is 0.0479. The lowest BCUT2D eigenvalue weighted by atomic mass is 10.0. The van der Waals surface area contributed by atoms with Gasteiger partial charge in [-0.2, -0.15) is 11.8 Å². The summed E-state index contributed by atoms with van der Waals surface area (Å²) in [5.74, 6) is -3.01. The molecule has 0 saturated heterocycles. The van der Waals surface area contributed by atoms with Gasteiger partial charge in [0.15, 0.2) is 0 Å². The van der Waals surface area contributed by atoms with E-state index in [1.54, 1.807) is 6.92 Å². The van der Waals surface area contributed by atoms with E-state index in [0.29, 0.717) is 10.8 Å². The number of hydrogen-bond acceptors (Lipinski definition) is 10. The van der Waals surface area contributed by atoms with Crippen molar-refractivity contribution in [3.8, 4) is 0 Å². The third-order valence-electron chi connectivity index (χ3n) is 9.10. The molecule has 6 amide bonds. The first kappa shape index (κ1) is 42.7. The second-order valence-electron chi connectivity index (χ2n) is 13.8. The van der Waals surface area contributed by atoms with E-state index in [-0.39, 0.29) is 48.5 Å². The summed E-state index contributed by atoms with van der Waals surface area (Å²) < 4.78 is 1.27. The monoisotopic (exact) mass is 794 g/mol. The zero-order chi connectivity index (χ0) is 40.2. The van der Waals surface area contributed by atoms with Crippen LogP contribution < -0.4 is 32.1 Å². The van der Waals surface area contributed by atoms with E-state index in [1.807, 2.05) is 50.4 Å². The highest BCUT2D eigenvalue weighted by Gasteiger charge is 2.32. The average Bonchev–Trinajstić information content (AvgIpc) is 3.65. The Morgan fingerprint density at radius 2 is 1.62 bits per heavy atom. The van der Waals surface area contributed by atoms with Crippen LogP contribution >= 0.6 is 23.1 Å². The van der Waals surface area contributed by atoms with Crippen LogP contribution in [0, 0.1) is 5.92 Å². The lowest BCUT2D eigenvalue weighted by Gasteiger charge is -2.31. The molecular formula is C38H50N8O7S2. The van der Waals surface area contributed by atoms with Gasteiger partial charge < -0.3 is 36.1 Å². The molecule has 1 aliphatic rings. The number of pyridine rings is 1. The highest BCUT2D eigenvalue weighted by molar-refractivity contribution is 7.98. The van der Waals surface area contributed by atoms with Crippen LogP contribution in [0.4, 0.5) is 0 Å². The molecule has 15 nitrogen and oxygen atoms in total. The summed E-state index contributed by atoms with van der Waals surface area (Å²) in [5.41, 5.74) is 0.742. The number of carbonyl (C=O) groups excluding carboxylic acids is 6. The van der Waals surface area contributed by atoms with E-state index < -0.39 is 72.2 Å². The van der Waals surface area contributed by atoms with Crippen molar-refractivity contribution in [2.24, 2.45) is 13.0 Å². The van der Waals surface area contributed by atoms with Gasteiger partial charge in [0, 0.05) is 31.2 Å². The highest BCUT2D eigenvalue weighted by Crippen LogP contribution is 2.25. The van der Waals surface area contributed by atoms with E-state index in [2.05, 4.69) is 31.6 Å². The van der Waals surface area contributed by atoms with Gasteiger partial charge in [0.25, 0.3) is 11.8 Å². The molecule has 296 valence electrons. The van der Waals surface area contributed by atoms with E-state index >= 15 is 0 Å². The quantitative estimate of drug-likeness (QED) is 0.226. The lowest BCUT2D eigenvalue weighted by molar-refractivity contribution is -0.132. The van der Waals surface area contributed by atoms with Crippen molar-refractivity contribution in [2.75, 3.05) is 25.1 Å². The molecule has 0 aliphatic carbocycles. The van der Waals surface area contributed by atoms with Gasteiger partial charge in [-0.1, -0.05) is 51.1 Å². The maximum Gasteiger partial charge on any atom is 0.271 e. The van der Waals surface area contributed by atoms with Gasteiger partial charge in [-0.05, 0) is 55.7 Å². The summed E-state index contributed by atoms with van der Waals surface area (Å²) >= 11 is 2.66. The summed E-state index contributed by atoms with van der Waals surface area (Å²) in [7, 11) is 1.52. The van der Waals surface area contributed by atoms with Crippen molar-refractivity contribution in [3.63, 3.8) is 0 Å². The summed E-state index contributed by atoms with van der Waals surface area (Å²) in [6.07, 6.45) is 4.02. The van der Waals surface area contributed by atoms with Crippen molar-refractivity contribution in [1.29, 1.82) is 0 Å². The van der Waals surface area contributed by atoms with Crippen molar-refractivity contribution < 1.29 is 28.8 Å². The van der Waals surface area contributed by atoms with Crippen molar-refractivity contribution >= 4 is 58.5 Å². The maximum atomic E-state index is 14.2. The first-order valence-corrected chi connectivity index (χ1v) is 20.4. The van der Waals surface area contributed by atoms with Gasteiger partial charge in [0.2, 0.25) is 29.2 Å². The van der Waals surface area contributed by atoms with Crippen LogP contribution in [0.5, 0.6) is 0 Å². The number of carbonyl (C=O) groups is 6. The third-order valence-corrected chi connectivity index (χ3v) is 10.7. The minimum atomic E-state index is -1.03. The number of nitrogens with zero attached hydrogens (tertiary/aromatic N) is 3. The molecule has 3 aromatic rings. The second-order valence-corrected chi connectivity index (χ2v) is 15.7. The Hall–Kier alpha value is -5.03. The van der Waals surface area contributed by atoms with Crippen LogP contribution in [-0.2, 0) is 32.6 Å². The molecule has 0 unspecified atom stereocenters.